The van der Waals surface area contributed by atoms with Gasteiger partial charge >= 0.3 is 0 Å². The highest BCUT2D eigenvalue weighted by molar-refractivity contribution is 14.0. The molecule has 0 unspecified atom stereocenters. The average Bonchev–Trinajstić information content (AvgIpc) is 2.60. The lowest BCUT2D eigenvalue weighted by Gasteiger charge is -2.14. The van der Waals surface area contributed by atoms with Gasteiger partial charge in [-0.2, -0.15) is 0 Å². The smallest absolute Gasteiger partial charge is 0.191 e. The first-order valence-electron chi connectivity index (χ1n) is 8.61. The molecule has 0 aliphatic carbocycles. The highest BCUT2D eigenvalue weighted by atomic mass is 127. The number of nitrogens with one attached hydrogen (secondary N) is 2. The van der Waals surface area contributed by atoms with Crippen molar-refractivity contribution in [3.05, 3.63) is 65.5 Å². The third kappa shape index (κ3) is 7.59. The molecule has 26 heavy (non-hydrogen) atoms. The number of guanidine groups is 1. The van der Waals surface area contributed by atoms with Gasteiger partial charge < -0.3 is 15.5 Å². The third-order valence-corrected chi connectivity index (χ3v) is 3.79. The number of hydrogen-bond donors (Lipinski definition) is 2. The van der Waals surface area contributed by atoms with Crippen LogP contribution in [0.25, 0.3) is 0 Å². The molecule has 6 heteroatoms. The van der Waals surface area contributed by atoms with Crippen LogP contribution in [-0.4, -0.2) is 33.1 Å². The van der Waals surface area contributed by atoms with Gasteiger partial charge in [0.15, 0.2) is 5.96 Å². The highest BCUT2D eigenvalue weighted by Gasteiger charge is 2.01. The second kappa shape index (κ2) is 11.7. The van der Waals surface area contributed by atoms with Crippen molar-refractivity contribution in [2.24, 2.45) is 4.99 Å². The quantitative estimate of drug-likeness (QED) is 0.368. The Hall–Kier alpha value is -1.83. The molecule has 0 spiro atoms. The Kier molecular flexibility index (Phi) is 10.0. The molecule has 0 amide bonds. The molecule has 0 radical (unpaired) electrons. The number of anilines is 1. The molecule has 0 aliphatic heterocycles. The maximum absolute atomic E-state index is 13.2. The minimum absolute atomic E-state index is 0. The van der Waals surface area contributed by atoms with Gasteiger partial charge in [-0.15, -0.1) is 24.0 Å². The minimum Gasteiger partial charge on any atom is -0.378 e. The van der Waals surface area contributed by atoms with E-state index in [0.29, 0.717) is 13.1 Å². The first-order chi connectivity index (χ1) is 12.1. The molecule has 142 valence electrons. The van der Waals surface area contributed by atoms with Gasteiger partial charge in [-0.05, 0) is 48.7 Å². The fraction of sp³-hybridized carbons (Fsp3) is 0.350. The molecule has 2 N–H and O–H groups in total. The van der Waals surface area contributed by atoms with Crippen LogP contribution in [0, 0.1) is 5.82 Å². The van der Waals surface area contributed by atoms with Gasteiger partial charge in [0.1, 0.15) is 5.82 Å². The Balaban J connectivity index is 0.00000338. The lowest BCUT2D eigenvalue weighted by Crippen LogP contribution is -2.38. The Morgan fingerprint density at radius 2 is 1.77 bits per heavy atom. The normalized spacial score (nSPS) is 10.8. The van der Waals surface area contributed by atoms with E-state index in [2.05, 4.69) is 38.7 Å². The van der Waals surface area contributed by atoms with Crippen LogP contribution < -0.4 is 15.5 Å². The Labute approximate surface area is 172 Å². The first kappa shape index (κ1) is 22.2. The van der Waals surface area contributed by atoms with E-state index in [1.807, 2.05) is 33.2 Å². The molecule has 0 fully saturated rings. The summed E-state index contributed by atoms with van der Waals surface area (Å²) in [4.78, 5) is 6.71. The standard InChI is InChI=1S/C20H27FN4.HI/c1-4-22-20(23-12-11-16-7-5-9-18(21)13-16)24-15-17-8-6-10-19(14-17)25(2)3;/h5-10,13-14H,4,11-12,15H2,1-3H3,(H2,22,23,24);1H. The van der Waals surface area contributed by atoms with Gasteiger partial charge in [-0.1, -0.05) is 24.3 Å². The minimum atomic E-state index is -0.196. The van der Waals surface area contributed by atoms with Gasteiger partial charge in [0.2, 0.25) is 0 Å². The van der Waals surface area contributed by atoms with Crippen molar-refractivity contribution in [2.75, 3.05) is 32.1 Å². The van der Waals surface area contributed by atoms with Crippen molar-refractivity contribution in [2.45, 2.75) is 19.9 Å². The Morgan fingerprint density at radius 1 is 1.04 bits per heavy atom. The molecule has 0 heterocycles. The van der Waals surface area contributed by atoms with Crippen molar-refractivity contribution < 1.29 is 4.39 Å². The van der Waals surface area contributed by atoms with Crippen molar-refractivity contribution in [1.29, 1.82) is 0 Å². The summed E-state index contributed by atoms with van der Waals surface area (Å²) < 4.78 is 13.2. The van der Waals surface area contributed by atoms with Gasteiger partial charge in [-0.3, -0.25) is 0 Å². The predicted octanol–water partition coefficient (Wildman–Crippen LogP) is 3.81. The van der Waals surface area contributed by atoms with Crippen LogP contribution in [0.4, 0.5) is 10.1 Å². The molecule has 0 aliphatic rings. The molecule has 0 saturated heterocycles. The molecule has 0 bridgehead atoms. The topological polar surface area (TPSA) is 39.7 Å². The lowest BCUT2D eigenvalue weighted by molar-refractivity contribution is 0.625. The maximum Gasteiger partial charge on any atom is 0.191 e. The molecule has 2 aromatic rings. The second-order valence-corrected chi connectivity index (χ2v) is 6.07. The van der Waals surface area contributed by atoms with Crippen molar-refractivity contribution in [3.63, 3.8) is 0 Å². The first-order valence-corrected chi connectivity index (χ1v) is 8.61. The molecule has 0 aromatic heterocycles. The number of rotatable bonds is 7. The zero-order valence-corrected chi connectivity index (χ0v) is 18.0. The van der Waals surface area contributed by atoms with Crippen LogP contribution >= 0.6 is 24.0 Å². The molecule has 2 aromatic carbocycles. The summed E-state index contributed by atoms with van der Waals surface area (Å²) in [6.45, 7) is 4.14. The zero-order chi connectivity index (χ0) is 18.1. The van der Waals surface area contributed by atoms with E-state index in [-0.39, 0.29) is 29.8 Å². The SMILES string of the molecule is CCNC(=NCc1cccc(N(C)C)c1)NCCc1cccc(F)c1.I. The fourth-order valence-corrected chi connectivity index (χ4v) is 2.46. The van der Waals surface area contributed by atoms with E-state index in [0.717, 1.165) is 35.7 Å². The van der Waals surface area contributed by atoms with E-state index >= 15 is 0 Å². The number of aliphatic imine (C=N–C) groups is 1. The summed E-state index contributed by atoms with van der Waals surface area (Å²) in [7, 11) is 4.06. The van der Waals surface area contributed by atoms with E-state index < -0.39 is 0 Å². The van der Waals surface area contributed by atoms with Gasteiger partial charge in [-0.25, -0.2) is 9.38 Å². The van der Waals surface area contributed by atoms with E-state index in [9.17, 15) is 4.39 Å². The van der Waals surface area contributed by atoms with Crippen molar-refractivity contribution in [1.82, 2.24) is 10.6 Å². The summed E-state index contributed by atoms with van der Waals surface area (Å²) >= 11 is 0. The van der Waals surface area contributed by atoms with Gasteiger partial charge in [0.25, 0.3) is 0 Å². The van der Waals surface area contributed by atoms with Crippen LogP contribution in [0.15, 0.2) is 53.5 Å². The van der Waals surface area contributed by atoms with E-state index in [1.165, 1.54) is 6.07 Å². The van der Waals surface area contributed by atoms with Crippen molar-refractivity contribution in [3.8, 4) is 0 Å². The fourth-order valence-electron chi connectivity index (χ4n) is 2.46. The zero-order valence-electron chi connectivity index (χ0n) is 15.6. The summed E-state index contributed by atoms with van der Waals surface area (Å²) in [5.74, 6) is 0.577. The van der Waals surface area contributed by atoms with Gasteiger partial charge in [0.05, 0.1) is 6.54 Å². The second-order valence-electron chi connectivity index (χ2n) is 6.07. The summed E-state index contributed by atoms with van der Waals surface area (Å²) in [6.07, 6.45) is 0.748. The molecule has 4 nitrogen and oxygen atoms in total. The van der Waals surface area contributed by atoms with Gasteiger partial charge in [0, 0.05) is 32.9 Å². The molecular formula is C20H28FIN4. The number of benzene rings is 2. The predicted molar refractivity (Wildman–Crippen MR) is 119 cm³/mol. The van der Waals surface area contributed by atoms with Crippen LogP contribution in [0.2, 0.25) is 0 Å². The van der Waals surface area contributed by atoms with Crippen LogP contribution in [0.1, 0.15) is 18.1 Å². The number of nitrogens with zero attached hydrogens (tertiary/aromatic N) is 2. The monoisotopic (exact) mass is 470 g/mol. The summed E-state index contributed by atoms with van der Waals surface area (Å²) in [6, 6.07) is 15.0. The van der Waals surface area contributed by atoms with Crippen LogP contribution in [0.3, 0.4) is 0 Å². The largest absolute Gasteiger partial charge is 0.378 e. The molecule has 2 rings (SSSR count). The van der Waals surface area contributed by atoms with Crippen molar-refractivity contribution >= 4 is 35.6 Å². The van der Waals surface area contributed by atoms with Crippen LogP contribution in [-0.2, 0) is 13.0 Å². The summed E-state index contributed by atoms with van der Waals surface area (Å²) in [5, 5.41) is 6.54. The molecule has 0 atom stereocenters. The molecule has 0 saturated carbocycles. The molecular weight excluding hydrogens is 442 g/mol. The third-order valence-electron chi connectivity index (χ3n) is 3.79. The van der Waals surface area contributed by atoms with E-state index in [4.69, 9.17) is 0 Å². The number of hydrogen-bond acceptors (Lipinski definition) is 2. The lowest BCUT2D eigenvalue weighted by atomic mass is 10.1. The van der Waals surface area contributed by atoms with E-state index in [1.54, 1.807) is 12.1 Å². The highest BCUT2D eigenvalue weighted by Crippen LogP contribution is 2.14. The summed E-state index contributed by atoms with van der Waals surface area (Å²) in [5.41, 5.74) is 3.30. The number of halogens is 2. The Bertz CT molecular complexity index is 704. The average molecular weight is 470 g/mol. The maximum atomic E-state index is 13.2. The Morgan fingerprint density at radius 3 is 2.46 bits per heavy atom. The van der Waals surface area contributed by atoms with Crippen LogP contribution in [0.5, 0.6) is 0 Å².